The maximum Gasteiger partial charge on any atom is 0.267 e. The van der Waals surface area contributed by atoms with E-state index in [-0.39, 0.29) is 29.4 Å². The molecule has 5 rings (SSSR count). The predicted octanol–water partition coefficient (Wildman–Crippen LogP) is 4.07. The molecule has 0 bridgehead atoms. The van der Waals surface area contributed by atoms with E-state index < -0.39 is 0 Å². The Morgan fingerprint density at radius 3 is 2.53 bits per heavy atom. The number of nitrogens with two attached hydrogens (primary N) is 1. The second-order valence-electron chi connectivity index (χ2n) is 10.00. The van der Waals surface area contributed by atoms with Crippen LogP contribution in [-0.2, 0) is 12.0 Å². The van der Waals surface area contributed by atoms with Crippen molar-refractivity contribution in [3.05, 3.63) is 63.5 Å². The quantitative estimate of drug-likeness (QED) is 0.493. The van der Waals surface area contributed by atoms with Crippen LogP contribution >= 0.6 is 24.0 Å². The van der Waals surface area contributed by atoms with Crippen molar-refractivity contribution >= 4 is 24.0 Å². The van der Waals surface area contributed by atoms with Crippen molar-refractivity contribution in [3.63, 3.8) is 0 Å². The number of halogens is 2. The SMILES string of the molecule is Cl.NCC1(c2cccc(Cl)c2)CCC(n2nc(-c3cn(CCN4CCCCC4)nn3)ccc2=O)CC1. The average Bonchev–Trinajstić information content (AvgIpc) is 3.38. The molecule has 2 aromatic heterocycles. The van der Waals surface area contributed by atoms with Gasteiger partial charge < -0.3 is 10.6 Å². The minimum Gasteiger partial charge on any atom is -0.330 e. The van der Waals surface area contributed by atoms with Gasteiger partial charge in [-0.05, 0) is 75.4 Å². The van der Waals surface area contributed by atoms with Crippen LogP contribution in [0.3, 0.4) is 0 Å². The predicted molar refractivity (Wildman–Crippen MR) is 145 cm³/mol. The van der Waals surface area contributed by atoms with Gasteiger partial charge in [-0.15, -0.1) is 17.5 Å². The zero-order valence-corrected chi connectivity index (χ0v) is 22.1. The molecule has 0 amide bonds. The van der Waals surface area contributed by atoms with Gasteiger partial charge in [0.15, 0.2) is 0 Å². The van der Waals surface area contributed by atoms with E-state index in [4.69, 9.17) is 22.4 Å². The second-order valence-corrected chi connectivity index (χ2v) is 10.4. The lowest BCUT2D eigenvalue weighted by atomic mass is 9.68. The number of rotatable bonds is 7. The normalized spacial score (nSPS) is 22.8. The van der Waals surface area contributed by atoms with Crippen LogP contribution in [0, 0.1) is 0 Å². The van der Waals surface area contributed by atoms with E-state index in [0.29, 0.717) is 17.9 Å². The molecule has 36 heavy (non-hydrogen) atoms. The molecule has 0 spiro atoms. The fourth-order valence-electron chi connectivity index (χ4n) is 5.60. The average molecular weight is 533 g/mol. The zero-order chi connectivity index (χ0) is 24.3. The largest absolute Gasteiger partial charge is 0.330 e. The van der Waals surface area contributed by atoms with Crippen LogP contribution in [-0.4, -0.2) is 55.9 Å². The molecule has 3 aromatic rings. The van der Waals surface area contributed by atoms with Crippen molar-refractivity contribution in [2.24, 2.45) is 5.73 Å². The Labute approximate surface area is 223 Å². The number of hydrogen-bond donors (Lipinski definition) is 1. The van der Waals surface area contributed by atoms with Crippen LogP contribution in [0.5, 0.6) is 0 Å². The first kappa shape index (κ1) is 26.8. The molecule has 8 nitrogen and oxygen atoms in total. The molecule has 1 aliphatic carbocycles. The summed E-state index contributed by atoms with van der Waals surface area (Å²) >= 11 is 6.25. The van der Waals surface area contributed by atoms with Crippen LogP contribution in [0.25, 0.3) is 11.4 Å². The van der Waals surface area contributed by atoms with Crippen molar-refractivity contribution in [2.75, 3.05) is 26.2 Å². The summed E-state index contributed by atoms with van der Waals surface area (Å²) in [6, 6.07) is 11.4. The molecule has 10 heteroatoms. The Kier molecular flexibility index (Phi) is 8.83. The van der Waals surface area contributed by atoms with Crippen LogP contribution < -0.4 is 11.3 Å². The fourth-order valence-corrected chi connectivity index (χ4v) is 5.79. The first-order valence-corrected chi connectivity index (χ1v) is 13.1. The highest BCUT2D eigenvalue weighted by Crippen LogP contribution is 2.42. The van der Waals surface area contributed by atoms with Crippen molar-refractivity contribution in [1.29, 1.82) is 0 Å². The van der Waals surface area contributed by atoms with Gasteiger partial charge >= 0.3 is 0 Å². The van der Waals surface area contributed by atoms with Gasteiger partial charge in [0, 0.05) is 29.6 Å². The Balaban J connectivity index is 0.00000304. The summed E-state index contributed by atoms with van der Waals surface area (Å²) in [6.45, 7) is 4.67. The standard InChI is InChI=1S/C26H34ClN7O.ClH/c27-21-6-4-5-20(17-21)26(19-28)11-9-22(10-12-26)34-25(35)8-7-23(30-34)24-18-33(31-29-24)16-15-32-13-2-1-3-14-32;/h4-8,17-18,22H,1-3,9-16,19,28H2;1H. The van der Waals surface area contributed by atoms with E-state index in [1.807, 2.05) is 29.1 Å². The third-order valence-electron chi connectivity index (χ3n) is 7.81. The lowest BCUT2D eigenvalue weighted by Crippen LogP contribution is -2.41. The van der Waals surface area contributed by atoms with Gasteiger partial charge in [0.05, 0.1) is 18.8 Å². The maximum absolute atomic E-state index is 12.7. The van der Waals surface area contributed by atoms with Crippen LogP contribution in [0.1, 0.15) is 56.6 Å². The van der Waals surface area contributed by atoms with E-state index in [1.54, 1.807) is 16.8 Å². The van der Waals surface area contributed by atoms with Crippen molar-refractivity contribution < 1.29 is 0 Å². The number of piperidine rings is 1. The second kappa shape index (κ2) is 11.9. The smallest absolute Gasteiger partial charge is 0.267 e. The highest BCUT2D eigenvalue weighted by molar-refractivity contribution is 6.30. The van der Waals surface area contributed by atoms with Gasteiger partial charge in [-0.2, -0.15) is 5.10 Å². The van der Waals surface area contributed by atoms with Crippen LogP contribution in [0.4, 0.5) is 0 Å². The highest BCUT2D eigenvalue weighted by atomic mass is 35.5. The van der Waals surface area contributed by atoms with E-state index in [0.717, 1.165) is 56.9 Å². The summed E-state index contributed by atoms with van der Waals surface area (Å²) in [5, 5.41) is 14.1. The van der Waals surface area contributed by atoms with E-state index in [9.17, 15) is 4.79 Å². The number of aromatic nitrogens is 5. The third kappa shape index (κ3) is 5.83. The molecule has 1 saturated carbocycles. The van der Waals surface area contributed by atoms with Gasteiger partial charge in [-0.3, -0.25) is 9.48 Å². The Bertz CT molecular complexity index is 1200. The monoisotopic (exact) mass is 531 g/mol. The maximum atomic E-state index is 12.7. The van der Waals surface area contributed by atoms with E-state index >= 15 is 0 Å². The van der Waals surface area contributed by atoms with Crippen molar-refractivity contribution in [1.82, 2.24) is 29.7 Å². The Hall–Kier alpha value is -2.26. The molecule has 0 unspecified atom stereocenters. The van der Waals surface area contributed by atoms with Crippen molar-refractivity contribution in [2.45, 2.75) is 62.9 Å². The minimum atomic E-state index is -0.111. The van der Waals surface area contributed by atoms with E-state index in [1.165, 1.54) is 24.8 Å². The van der Waals surface area contributed by atoms with Gasteiger partial charge in [-0.1, -0.05) is 35.4 Å². The highest BCUT2D eigenvalue weighted by Gasteiger charge is 2.37. The number of hydrogen-bond acceptors (Lipinski definition) is 6. The minimum absolute atomic E-state index is 0. The zero-order valence-electron chi connectivity index (χ0n) is 20.6. The van der Waals surface area contributed by atoms with Gasteiger partial charge in [-0.25, -0.2) is 4.68 Å². The molecule has 194 valence electrons. The number of nitrogens with zero attached hydrogens (tertiary/aromatic N) is 6. The summed E-state index contributed by atoms with van der Waals surface area (Å²) < 4.78 is 3.52. The van der Waals surface area contributed by atoms with Crippen LogP contribution in [0.2, 0.25) is 5.02 Å². The molecule has 0 atom stereocenters. The number of benzene rings is 1. The fraction of sp³-hybridized carbons (Fsp3) is 0.538. The molecule has 1 aromatic carbocycles. The molecular weight excluding hydrogens is 497 g/mol. The molecular formula is C26H35Cl2N7O. The van der Waals surface area contributed by atoms with Crippen molar-refractivity contribution in [3.8, 4) is 11.4 Å². The first-order chi connectivity index (χ1) is 17.1. The topological polar surface area (TPSA) is 94.9 Å². The molecule has 1 aliphatic heterocycles. The summed E-state index contributed by atoms with van der Waals surface area (Å²) in [5.41, 5.74) is 8.62. The Morgan fingerprint density at radius 2 is 1.81 bits per heavy atom. The lowest BCUT2D eigenvalue weighted by molar-refractivity contribution is 0.217. The number of likely N-dealkylation sites (tertiary alicyclic amines) is 1. The molecule has 3 heterocycles. The molecule has 2 fully saturated rings. The molecule has 0 radical (unpaired) electrons. The Morgan fingerprint density at radius 1 is 1.03 bits per heavy atom. The molecule has 2 aliphatic rings. The van der Waals surface area contributed by atoms with Gasteiger partial charge in [0.2, 0.25) is 0 Å². The summed E-state index contributed by atoms with van der Waals surface area (Å²) in [7, 11) is 0. The molecule has 1 saturated heterocycles. The summed E-state index contributed by atoms with van der Waals surface area (Å²) in [5.74, 6) is 0. The van der Waals surface area contributed by atoms with E-state index in [2.05, 4.69) is 21.3 Å². The first-order valence-electron chi connectivity index (χ1n) is 12.8. The lowest BCUT2D eigenvalue weighted by Gasteiger charge is -2.40. The van der Waals surface area contributed by atoms with Crippen LogP contribution in [0.15, 0.2) is 47.4 Å². The van der Waals surface area contributed by atoms with Gasteiger partial charge in [0.1, 0.15) is 11.4 Å². The summed E-state index contributed by atoms with van der Waals surface area (Å²) in [4.78, 5) is 15.2. The molecule has 2 N–H and O–H groups in total. The summed E-state index contributed by atoms with van der Waals surface area (Å²) in [6.07, 6.45) is 9.27. The third-order valence-corrected chi connectivity index (χ3v) is 8.04. The van der Waals surface area contributed by atoms with Gasteiger partial charge in [0.25, 0.3) is 5.56 Å².